The van der Waals surface area contributed by atoms with Crippen LogP contribution in [0.5, 0.6) is 0 Å². The third-order valence-electron chi connectivity index (χ3n) is 2.38. The fourth-order valence-electron chi connectivity index (χ4n) is 1.43. The van der Waals surface area contributed by atoms with Crippen molar-refractivity contribution in [1.82, 2.24) is 9.80 Å². The molecular weight excluding hydrogens is 184 g/mol. The quantitative estimate of drug-likeness (QED) is 0.630. The number of aliphatic hydroxyl groups is 1. The molecule has 0 aromatic rings. The average molecular weight is 200 g/mol. The van der Waals surface area contributed by atoms with Gasteiger partial charge in [-0.2, -0.15) is 0 Å². The summed E-state index contributed by atoms with van der Waals surface area (Å²) in [5.74, 6) is -0.131. The molecule has 1 fully saturated rings. The predicted molar refractivity (Wildman–Crippen MR) is 50.5 cm³/mol. The van der Waals surface area contributed by atoms with Crippen molar-refractivity contribution in [2.45, 2.75) is 6.42 Å². The molecule has 0 spiro atoms. The molecule has 1 aliphatic rings. The van der Waals surface area contributed by atoms with Gasteiger partial charge in [0.1, 0.15) is 0 Å². The van der Waals surface area contributed by atoms with Gasteiger partial charge in [-0.1, -0.05) is 0 Å². The first-order valence-corrected chi connectivity index (χ1v) is 4.63. The van der Waals surface area contributed by atoms with Crippen LogP contribution in [0.25, 0.3) is 0 Å². The molecule has 1 aliphatic heterocycles. The molecule has 14 heavy (non-hydrogen) atoms. The largest absolute Gasteiger partial charge is 0.396 e. The summed E-state index contributed by atoms with van der Waals surface area (Å²) in [7, 11) is 3.32. The fraction of sp³-hybridized carbons (Fsp3) is 0.778. The molecule has 80 valence electrons. The normalized spacial score (nSPS) is 21.5. The summed E-state index contributed by atoms with van der Waals surface area (Å²) in [5, 5.41) is 8.87. The van der Waals surface area contributed by atoms with Crippen LogP contribution in [0.3, 0.4) is 0 Å². The topological polar surface area (TPSA) is 60.9 Å². The van der Waals surface area contributed by atoms with Gasteiger partial charge in [-0.25, -0.2) is 0 Å². The van der Waals surface area contributed by atoms with E-state index >= 15 is 0 Å². The van der Waals surface area contributed by atoms with Gasteiger partial charge in [0.15, 0.2) is 0 Å². The second kappa shape index (κ2) is 4.41. The highest BCUT2D eigenvalue weighted by molar-refractivity contribution is 5.85. The minimum Gasteiger partial charge on any atom is -0.396 e. The van der Waals surface area contributed by atoms with Crippen LogP contribution in [-0.4, -0.2) is 60.5 Å². The second-order valence-electron chi connectivity index (χ2n) is 3.82. The van der Waals surface area contributed by atoms with Crippen LogP contribution in [0.4, 0.5) is 0 Å². The minimum atomic E-state index is -0.0862. The van der Waals surface area contributed by atoms with Crippen LogP contribution in [0.2, 0.25) is 0 Å². The molecule has 5 heteroatoms. The van der Waals surface area contributed by atoms with E-state index in [0.717, 1.165) is 0 Å². The van der Waals surface area contributed by atoms with Crippen molar-refractivity contribution < 1.29 is 14.7 Å². The first kappa shape index (κ1) is 11.0. The predicted octanol–water partition coefficient (Wildman–Crippen LogP) is -1.08. The maximum absolute atomic E-state index is 11.3. The smallest absolute Gasteiger partial charge is 0.241 e. The lowest BCUT2D eigenvalue weighted by atomic mass is 10.1. The summed E-state index contributed by atoms with van der Waals surface area (Å²) in [4.78, 5) is 25.6. The van der Waals surface area contributed by atoms with Crippen LogP contribution >= 0.6 is 0 Å². The first-order chi connectivity index (χ1) is 6.54. The van der Waals surface area contributed by atoms with Gasteiger partial charge in [-0.05, 0) is 0 Å². The van der Waals surface area contributed by atoms with E-state index in [9.17, 15) is 9.59 Å². The zero-order valence-corrected chi connectivity index (χ0v) is 8.56. The number of likely N-dealkylation sites (tertiary alicyclic amines) is 1. The van der Waals surface area contributed by atoms with Gasteiger partial charge in [0, 0.05) is 39.6 Å². The number of nitrogens with zero attached hydrogens (tertiary/aromatic N) is 2. The Bertz CT molecular complexity index is 240. The number of hydrogen-bond donors (Lipinski definition) is 1. The molecule has 1 atom stereocenters. The highest BCUT2D eigenvalue weighted by Gasteiger charge is 2.30. The summed E-state index contributed by atoms with van der Waals surface area (Å²) in [6.45, 7) is 0.635. The minimum absolute atomic E-state index is 0.00235. The van der Waals surface area contributed by atoms with E-state index in [4.69, 9.17) is 5.11 Å². The number of carbonyl (C=O) groups is 2. The summed E-state index contributed by atoms with van der Waals surface area (Å²) in [6, 6.07) is 0. The van der Waals surface area contributed by atoms with E-state index in [1.165, 1.54) is 9.80 Å². The Morgan fingerprint density at radius 3 is 2.71 bits per heavy atom. The Labute approximate surface area is 83.3 Å². The number of carbonyl (C=O) groups excluding carboxylic acids is 2. The monoisotopic (exact) mass is 200 g/mol. The summed E-state index contributed by atoms with van der Waals surface area (Å²) >= 11 is 0. The van der Waals surface area contributed by atoms with Crippen molar-refractivity contribution in [3.63, 3.8) is 0 Å². The summed E-state index contributed by atoms with van der Waals surface area (Å²) in [5.41, 5.74) is 0. The Kier molecular flexibility index (Phi) is 3.46. The lowest BCUT2D eigenvalue weighted by Gasteiger charge is -2.18. The Balaban J connectivity index is 2.46. The number of amides is 2. The van der Waals surface area contributed by atoms with Crippen LogP contribution < -0.4 is 0 Å². The van der Waals surface area contributed by atoms with Crippen LogP contribution in [0.15, 0.2) is 0 Å². The molecule has 0 radical (unpaired) electrons. The molecule has 0 aromatic heterocycles. The molecule has 0 aromatic carbocycles. The molecule has 0 bridgehead atoms. The molecule has 1 unspecified atom stereocenters. The van der Waals surface area contributed by atoms with Gasteiger partial charge in [0.2, 0.25) is 11.8 Å². The van der Waals surface area contributed by atoms with Crippen LogP contribution in [0, 0.1) is 5.92 Å². The van der Waals surface area contributed by atoms with Crippen molar-refractivity contribution in [3.05, 3.63) is 0 Å². The summed E-state index contributed by atoms with van der Waals surface area (Å²) < 4.78 is 0. The molecule has 0 saturated carbocycles. The highest BCUT2D eigenvalue weighted by Crippen LogP contribution is 2.16. The standard InChI is InChI=1S/C9H16N2O3/c1-10(2)9(14)5-11-4-7(6-12)3-8(11)13/h7,12H,3-6H2,1-2H3. The van der Waals surface area contributed by atoms with E-state index in [2.05, 4.69) is 0 Å². The lowest BCUT2D eigenvalue weighted by Crippen LogP contribution is -2.37. The van der Waals surface area contributed by atoms with E-state index in [1.807, 2.05) is 0 Å². The van der Waals surface area contributed by atoms with Crippen molar-refractivity contribution >= 4 is 11.8 Å². The SMILES string of the molecule is CN(C)C(=O)CN1CC(CO)CC1=O. The maximum atomic E-state index is 11.3. The van der Waals surface area contributed by atoms with E-state index in [-0.39, 0.29) is 30.9 Å². The number of rotatable bonds is 3. The van der Waals surface area contributed by atoms with Crippen molar-refractivity contribution in [2.75, 3.05) is 33.8 Å². The van der Waals surface area contributed by atoms with Gasteiger partial charge >= 0.3 is 0 Å². The summed E-state index contributed by atoms with van der Waals surface area (Å²) in [6.07, 6.45) is 0.358. The third-order valence-corrected chi connectivity index (χ3v) is 2.38. The van der Waals surface area contributed by atoms with Crippen LogP contribution in [0.1, 0.15) is 6.42 Å². The Morgan fingerprint density at radius 2 is 2.29 bits per heavy atom. The fourth-order valence-corrected chi connectivity index (χ4v) is 1.43. The number of hydrogen-bond acceptors (Lipinski definition) is 3. The first-order valence-electron chi connectivity index (χ1n) is 4.63. The van der Waals surface area contributed by atoms with Gasteiger partial charge < -0.3 is 14.9 Å². The van der Waals surface area contributed by atoms with Gasteiger partial charge in [-0.15, -0.1) is 0 Å². The molecule has 1 rings (SSSR count). The molecule has 1 heterocycles. The maximum Gasteiger partial charge on any atom is 0.241 e. The van der Waals surface area contributed by atoms with Crippen molar-refractivity contribution in [1.29, 1.82) is 0 Å². The molecule has 1 saturated heterocycles. The van der Waals surface area contributed by atoms with E-state index in [0.29, 0.717) is 13.0 Å². The lowest BCUT2D eigenvalue weighted by molar-refractivity contribution is -0.136. The van der Waals surface area contributed by atoms with Gasteiger partial charge in [0.05, 0.1) is 6.54 Å². The van der Waals surface area contributed by atoms with Crippen molar-refractivity contribution in [3.8, 4) is 0 Å². The molecule has 1 N–H and O–H groups in total. The zero-order chi connectivity index (χ0) is 10.7. The number of aliphatic hydroxyl groups excluding tert-OH is 1. The van der Waals surface area contributed by atoms with E-state index < -0.39 is 0 Å². The molecular formula is C9H16N2O3. The van der Waals surface area contributed by atoms with E-state index in [1.54, 1.807) is 14.1 Å². The molecule has 5 nitrogen and oxygen atoms in total. The Morgan fingerprint density at radius 1 is 1.64 bits per heavy atom. The van der Waals surface area contributed by atoms with Crippen molar-refractivity contribution in [2.24, 2.45) is 5.92 Å². The highest BCUT2D eigenvalue weighted by atomic mass is 16.3. The number of likely N-dealkylation sites (N-methyl/N-ethyl adjacent to an activating group) is 1. The van der Waals surface area contributed by atoms with Gasteiger partial charge in [0.25, 0.3) is 0 Å². The van der Waals surface area contributed by atoms with Gasteiger partial charge in [-0.3, -0.25) is 9.59 Å². The third kappa shape index (κ3) is 2.45. The Hall–Kier alpha value is -1.10. The average Bonchev–Trinajstić information content (AvgIpc) is 2.47. The molecule has 0 aliphatic carbocycles. The second-order valence-corrected chi connectivity index (χ2v) is 3.82. The van der Waals surface area contributed by atoms with Crippen LogP contribution in [-0.2, 0) is 9.59 Å². The zero-order valence-electron chi connectivity index (χ0n) is 8.56. The molecule has 2 amide bonds.